The Hall–Kier alpha value is -1.10. The van der Waals surface area contributed by atoms with Crippen molar-refractivity contribution in [1.29, 1.82) is 0 Å². The summed E-state index contributed by atoms with van der Waals surface area (Å²) in [4.78, 5) is 27.3. The van der Waals surface area contributed by atoms with E-state index >= 15 is 0 Å². The van der Waals surface area contributed by atoms with Crippen molar-refractivity contribution < 1.29 is 14.3 Å². The lowest BCUT2D eigenvalue weighted by Crippen LogP contribution is -2.51. The fourth-order valence-electron chi connectivity index (χ4n) is 3.47. The Morgan fingerprint density at radius 2 is 1.95 bits per heavy atom. The minimum Gasteiger partial charge on any atom is -0.375 e. The number of piperidine rings is 1. The zero-order chi connectivity index (χ0) is 15.5. The van der Waals surface area contributed by atoms with Crippen molar-refractivity contribution in [1.82, 2.24) is 9.80 Å². The molecule has 5 nitrogen and oxygen atoms in total. The van der Waals surface area contributed by atoms with E-state index < -0.39 is 0 Å². The van der Waals surface area contributed by atoms with E-state index in [0.29, 0.717) is 18.8 Å². The lowest BCUT2D eigenvalue weighted by molar-refractivity contribution is -0.149. The van der Waals surface area contributed by atoms with Gasteiger partial charge in [0.25, 0.3) is 0 Å². The molecule has 2 aliphatic rings. The van der Waals surface area contributed by atoms with E-state index in [2.05, 4.69) is 0 Å². The number of rotatable bonds is 3. The minimum absolute atomic E-state index is 0.0972. The summed E-state index contributed by atoms with van der Waals surface area (Å²) < 4.78 is 6.08. The van der Waals surface area contributed by atoms with Crippen molar-refractivity contribution in [3.8, 4) is 0 Å². The smallest absolute Gasteiger partial charge is 0.222 e. The van der Waals surface area contributed by atoms with Gasteiger partial charge < -0.3 is 14.5 Å². The molecule has 1 atom stereocenters. The summed E-state index contributed by atoms with van der Waals surface area (Å²) >= 11 is 0. The second-order valence-electron chi connectivity index (χ2n) is 6.62. The molecule has 5 heteroatoms. The Kier molecular flexibility index (Phi) is 5.25. The summed E-state index contributed by atoms with van der Waals surface area (Å²) in [6.07, 6.45) is 4.94. The van der Waals surface area contributed by atoms with Crippen LogP contribution in [-0.2, 0) is 14.3 Å². The second-order valence-corrected chi connectivity index (χ2v) is 6.62. The van der Waals surface area contributed by atoms with Crippen molar-refractivity contribution in [2.45, 2.75) is 51.0 Å². The van der Waals surface area contributed by atoms with Gasteiger partial charge in [-0.1, -0.05) is 6.92 Å². The molecule has 0 bridgehead atoms. The Labute approximate surface area is 127 Å². The van der Waals surface area contributed by atoms with E-state index in [1.807, 2.05) is 25.9 Å². The van der Waals surface area contributed by atoms with Gasteiger partial charge >= 0.3 is 0 Å². The maximum Gasteiger partial charge on any atom is 0.222 e. The van der Waals surface area contributed by atoms with Gasteiger partial charge in [0, 0.05) is 46.6 Å². The molecule has 1 unspecified atom stereocenters. The maximum atomic E-state index is 11.9. The first-order valence-electron chi connectivity index (χ1n) is 8.07. The molecule has 2 rings (SSSR count). The summed E-state index contributed by atoms with van der Waals surface area (Å²) in [7, 11) is 3.62. The SMILES string of the molecule is CCC(=O)N1CCC2(CC1)CC(CC(=O)N(C)C)CCO2. The van der Waals surface area contributed by atoms with Crippen LogP contribution in [0, 0.1) is 5.92 Å². The van der Waals surface area contributed by atoms with Crippen LogP contribution in [0.4, 0.5) is 0 Å². The third-order valence-electron chi connectivity index (χ3n) is 4.89. The van der Waals surface area contributed by atoms with E-state index in [-0.39, 0.29) is 17.4 Å². The maximum absolute atomic E-state index is 11.9. The van der Waals surface area contributed by atoms with Crippen LogP contribution in [0.25, 0.3) is 0 Å². The number of ether oxygens (including phenoxy) is 1. The standard InChI is InChI=1S/C16H28N2O3/c1-4-14(19)18-8-6-16(7-9-18)12-13(5-10-21-16)11-15(20)17(2)3/h13H,4-12H2,1-3H3. The summed E-state index contributed by atoms with van der Waals surface area (Å²) in [6, 6.07) is 0. The molecule has 2 aliphatic heterocycles. The number of amides is 2. The summed E-state index contributed by atoms with van der Waals surface area (Å²) in [6.45, 7) is 4.24. The molecule has 21 heavy (non-hydrogen) atoms. The summed E-state index contributed by atoms with van der Waals surface area (Å²) in [5.41, 5.74) is -0.0972. The second kappa shape index (κ2) is 6.77. The molecule has 0 aromatic carbocycles. The van der Waals surface area contributed by atoms with E-state index in [0.717, 1.165) is 45.4 Å². The Bertz CT molecular complexity index is 387. The largest absolute Gasteiger partial charge is 0.375 e. The molecule has 0 saturated carbocycles. The van der Waals surface area contributed by atoms with Crippen LogP contribution in [0.15, 0.2) is 0 Å². The summed E-state index contributed by atoms with van der Waals surface area (Å²) in [5, 5.41) is 0. The first-order chi connectivity index (χ1) is 9.96. The molecule has 2 saturated heterocycles. The monoisotopic (exact) mass is 296 g/mol. The lowest BCUT2D eigenvalue weighted by Gasteiger charge is -2.46. The van der Waals surface area contributed by atoms with E-state index in [1.165, 1.54) is 0 Å². The van der Waals surface area contributed by atoms with Crippen LogP contribution in [-0.4, -0.2) is 61.0 Å². The number of hydrogen-bond donors (Lipinski definition) is 0. The summed E-state index contributed by atoms with van der Waals surface area (Å²) in [5.74, 6) is 0.859. The molecular weight excluding hydrogens is 268 g/mol. The van der Waals surface area contributed by atoms with Gasteiger partial charge in [0.15, 0.2) is 0 Å². The number of carbonyl (C=O) groups is 2. The molecule has 0 aliphatic carbocycles. The molecule has 120 valence electrons. The number of nitrogens with zero attached hydrogens (tertiary/aromatic N) is 2. The topological polar surface area (TPSA) is 49.9 Å². The van der Waals surface area contributed by atoms with Gasteiger partial charge in [-0.3, -0.25) is 9.59 Å². The van der Waals surface area contributed by atoms with E-state index in [1.54, 1.807) is 4.90 Å². The number of hydrogen-bond acceptors (Lipinski definition) is 3. The lowest BCUT2D eigenvalue weighted by atomic mass is 9.78. The molecule has 2 fully saturated rings. The van der Waals surface area contributed by atoms with Crippen molar-refractivity contribution in [3.05, 3.63) is 0 Å². The molecule has 0 N–H and O–H groups in total. The molecule has 0 aromatic heterocycles. The predicted octanol–water partition coefficient (Wildman–Crippen LogP) is 1.66. The van der Waals surface area contributed by atoms with Crippen LogP contribution in [0.3, 0.4) is 0 Å². The van der Waals surface area contributed by atoms with Crippen molar-refractivity contribution in [2.24, 2.45) is 5.92 Å². The zero-order valence-corrected chi connectivity index (χ0v) is 13.6. The van der Waals surface area contributed by atoms with E-state index in [9.17, 15) is 9.59 Å². The van der Waals surface area contributed by atoms with Gasteiger partial charge in [-0.2, -0.15) is 0 Å². The Balaban J connectivity index is 1.89. The minimum atomic E-state index is -0.0972. The predicted molar refractivity (Wildman–Crippen MR) is 80.8 cm³/mol. The third-order valence-corrected chi connectivity index (χ3v) is 4.89. The van der Waals surface area contributed by atoms with Crippen molar-refractivity contribution in [3.63, 3.8) is 0 Å². The van der Waals surface area contributed by atoms with Crippen LogP contribution < -0.4 is 0 Å². The highest BCUT2D eigenvalue weighted by Crippen LogP contribution is 2.38. The van der Waals surface area contributed by atoms with Crippen LogP contribution >= 0.6 is 0 Å². The average Bonchev–Trinajstić information content (AvgIpc) is 2.47. The highest BCUT2D eigenvalue weighted by Gasteiger charge is 2.41. The van der Waals surface area contributed by atoms with Gasteiger partial charge in [-0.05, 0) is 31.6 Å². The molecule has 0 radical (unpaired) electrons. The number of likely N-dealkylation sites (tertiary alicyclic amines) is 1. The van der Waals surface area contributed by atoms with Gasteiger partial charge in [0.05, 0.1) is 5.60 Å². The first-order valence-corrected chi connectivity index (χ1v) is 8.07. The van der Waals surface area contributed by atoms with Crippen LogP contribution in [0.5, 0.6) is 0 Å². The first kappa shape index (κ1) is 16.3. The highest BCUT2D eigenvalue weighted by atomic mass is 16.5. The van der Waals surface area contributed by atoms with Gasteiger partial charge in [0.2, 0.25) is 11.8 Å². The Morgan fingerprint density at radius 1 is 1.29 bits per heavy atom. The number of carbonyl (C=O) groups excluding carboxylic acids is 2. The molecule has 1 spiro atoms. The quantitative estimate of drug-likeness (QED) is 0.796. The zero-order valence-electron chi connectivity index (χ0n) is 13.6. The molecular formula is C16H28N2O3. The normalized spacial score (nSPS) is 24.9. The van der Waals surface area contributed by atoms with Crippen LogP contribution in [0.1, 0.15) is 45.4 Å². The molecule has 0 aromatic rings. The van der Waals surface area contributed by atoms with Crippen molar-refractivity contribution >= 4 is 11.8 Å². The molecule has 2 heterocycles. The fourth-order valence-corrected chi connectivity index (χ4v) is 3.47. The third kappa shape index (κ3) is 3.96. The Morgan fingerprint density at radius 3 is 2.52 bits per heavy atom. The van der Waals surface area contributed by atoms with Gasteiger partial charge in [-0.15, -0.1) is 0 Å². The molecule has 2 amide bonds. The average molecular weight is 296 g/mol. The fraction of sp³-hybridized carbons (Fsp3) is 0.875. The van der Waals surface area contributed by atoms with Crippen molar-refractivity contribution in [2.75, 3.05) is 33.8 Å². The highest BCUT2D eigenvalue weighted by molar-refractivity contribution is 5.76. The van der Waals surface area contributed by atoms with Crippen LogP contribution in [0.2, 0.25) is 0 Å². The van der Waals surface area contributed by atoms with Gasteiger partial charge in [-0.25, -0.2) is 0 Å². The van der Waals surface area contributed by atoms with Gasteiger partial charge in [0.1, 0.15) is 0 Å². The van der Waals surface area contributed by atoms with E-state index in [4.69, 9.17) is 4.74 Å².